The van der Waals surface area contributed by atoms with E-state index in [0.29, 0.717) is 28.6 Å². The molecule has 0 heterocycles. The Bertz CT molecular complexity index is 947. The zero-order valence-electron chi connectivity index (χ0n) is 14.9. The molecule has 3 aromatic rings. The van der Waals surface area contributed by atoms with Crippen LogP contribution in [0, 0.1) is 5.82 Å². The maximum atomic E-state index is 14.1. The number of halogens is 4. The molecule has 3 aromatic carbocycles. The summed E-state index contributed by atoms with van der Waals surface area (Å²) in [4.78, 5) is 0. The zero-order chi connectivity index (χ0) is 20.1. The summed E-state index contributed by atoms with van der Waals surface area (Å²) in [7, 11) is 1.57. The second-order valence-corrected chi connectivity index (χ2v) is 8.08. The van der Waals surface area contributed by atoms with Crippen molar-refractivity contribution >= 4 is 49.1 Å². The van der Waals surface area contributed by atoms with Crippen molar-refractivity contribution in [2.45, 2.75) is 13.2 Å². The van der Waals surface area contributed by atoms with Crippen LogP contribution in [0.4, 0.5) is 10.1 Å². The quantitative estimate of drug-likeness (QED) is 0.351. The second-order valence-electron chi connectivity index (χ2n) is 5.91. The van der Waals surface area contributed by atoms with Gasteiger partial charge >= 0.3 is 0 Å². The van der Waals surface area contributed by atoms with Crippen LogP contribution in [0.5, 0.6) is 11.5 Å². The standard InChI is InChI=1S/C21H17Br2ClFNO2/c1-27-20-10-9-17(23)15(11-26-14-7-5-13(22)6-8-14)21(20)28-12-16-18(24)3-2-4-19(16)25/h2-10,26H,11-12H2,1H3. The topological polar surface area (TPSA) is 30.5 Å². The highest BCUT2D eigenvalue weighted by Gasteiger charge is 2.16. The fourth-order valence-corrected chi connectivity index (χ4v) is 3.57. The van der Waals surface area contributed by atoms with Crippen molar-refractivity contribution in [2.75, 3.05) is 12.4 Å². The number of hydrogen-bond acceptors (Lipinski definition) is 3. The Hall–Kier alpha value is -1.76. The Balaban J connectivity index is 1.86. The first kappa shape index (κ1) is 21.0. The van der Waals surface area contributed by atoms with Crippen LogP contribution in [-0.4, -0.2) is 7.11 Å². The minimum Gasteiger partial charge on any atom is -0.493 e. The molecule has 7 heteroatoms. The van der Waals surface area contributed by atoms with Crippen LogP contribution >= 0.6 is 43.5 Å². The van der Waals surface area contributed by atoms with Gasteiger partial charge in [-0.1, -0.05) is 49.5 Å². The number of methoxy groups -OCH3 is 1. The lowest BCUT2D eigenvalue weighted by Gasteiger charge is -2.18. The smallest absolute Gasteiger partial charge is 0.167 e. The average Bonchev–Trinajstić information content (AvgIpc) is 2.68. The van der Waals surface area contributed by atoms with E-state index in [1.807, 2.05) is 30.3 Å². The molecule has 28 heavy (non-hydrogen) atoms. The summed E-state index contributed by atoms with van der Waals surface area (Å²) in [5, 5.41) is 3.68. The van der Waals surface area contributed by atoms with Crippen molar-refractivity contribution in [3.8, 4) is 11.5 Å². The van der Waals surface area contributed by atoms with Gasteiger partial charge in [-0.2, -0.15) is 0 Å². The normalized spacial score (nSPS) is 10.6. The lowest BCUT2D eigenvalue weighted by atomic mass is 10.1. The van der Waals surface area contributed by atoms with Crippen molar-refractivity contribution in [1.29, 1.82) is 0 Å². The van der Waals surface area contributed by atoms with E-state index in [4.69, 9.17) is 21.1 Å². The van der Waals surface area contributed by atoms with Gasteiger partial charge in [0.2, 0.25) is 0 Å². The van der Waals surface area contributed by atoms with E-state index in [2.05, 4.69) is 37.2 Å². The van der Waals surface area contributed by atoms with Crippen LogP contribution in [0.15, 0.2) is 63.5 Å². The van der Waals surface area contributed by atoms with Gasteiger partial charge in [-0.05, 0) is 48.5 Å². The van der Waals surface area contributed by atoms with Gasteiger partial charge in [0.25, 0.3) is 0 Å². The number of nitrogens with one attached hydrogen (secondary N) is 1. The van der Waals surface area contributed by atoms with Crippen molar-refractivity contribution in [1.82, 2.24) is 0 Å². The number of hydrogen-bond donors (Lipinski definition) is 1. The van der Waals surface area contributed by atoms with Gasteiger partial charge < -0.3 is 14.8 Å². The van der Waals surface area contributed by atoms with Crippen molar-refractivity contribution in [2.24, 2.45) is 0 Å². The molecule has 146 valence electrons. The Morgan fingerprint density at radius 1 is 1.00 bits per heavy atom. The monoisotopic (exact) mass is 527 g/mol. The Morgan fingerprint density at radius 2 is 1.75 bits per heavy atom. The van der Waals surface area contributed by atoms with Crippen LogP contribution in [0.25, 0.3) is 0 Å². The molecular weight excluding hydrogens is 512 g/mol. The third kappa shape index (κ3) is 4.99. The van der Waals surface area contributed by atoms with E-state index in [1.165, 1.54) is 6.07 Å². The van der Waals surface area contributed by atoms with Gasteiger partial charge in [0, 0.05) is 32.3 Å². The van der Waals surface area contributed by atoms with Crippen LogP contribution in [0.2, 0.25) is 5.02 Å². The molecule has 0 bridgehead atoms. The van der Waals surface area contributed by atoms with Crippen LogP contribution < -0.4 is 14.8 Å². The third-order valence-electron chi connectivity index (χ3n) is 4.12. The highest BCUT2D eigenvalue weighted by atomic mass is 79.9. The van der Waals surface area contributed by atoms with Gasteiger partial charge in [-0.15, -0.1) is 0 Å². The molecule has 0 atom stereocenters. The molecule has 1 N–H and O–H groups in total. The first-order valence-corrected chi connectivity index (χ1v) is 10.4. The molecule has 0 aliphatic rings. The molecule has 0 aliphatic carbocycles. The van der Waals surface area contributed by atoms with E-state index >= 15 is 0 Å². The van der Waals surface area contributed by atoms with E-state index in [-0.39, 0.29) is 6.61 Å². The number of anilines is 1. The summed E-state index contributed by atoms with van der Waals surface area (Å²) in [5.74, 6) is 0.681. The molecule has 3 nitrogen and oxygen atoms in total. The highest BCUT2D eigenvalue weighted by Crippen LogP contribution is 2.38. The average molecular weight is 530 g/mol. The highest BCUT2D eigenvalue weighted by molar-refractivity contribution is 9.10. The summed E-state index contributed by atoms with van der Waals surface area (Å²) in [6, 6.07) is 16.1. The summed E-state index contributed by atoms with van der Waals surface area (Å²) < 4.78 is 27.4. The minimum atomic E-state index is -0.406. The molecule has 0 radical (unpaired) electrons. The Morgan fingerprint density at radius 3 is 2.43 bits per heavy atom. The fourth-order valence-electron chi connectivity index (χ4n) is 2.64. The van der Waals surface area contributed by atoms with Gasteiger partial charge in [0.05, 0.1) is 12.1 Å². The molecule has 0 spiro atoms. The van der Waals surface area contributed by atoms with Crippen molar-refractivity contribution in [3.63, 3.8) is 0 Å². The van der Waals surface area contributed by atoms with E-state index in [1.54, 1.807) is 25.3 Å². The van der Waals surface area contributed by atoms with E-state index in [9.17, 15) is 4.39 Å². The third-order valence-corrected chi connectivity index (χ3v) is 5.75. The van der Waals surface area contributed by atoms with E-state index in [0.717, 1.165) is 20.2 Å². The van der Waals surface area contributed by atoms with Crippen LogP contribution in [-0.2, 0) is 13.2 Å². The summed E-state index contributed by atoms with van der Waals surface area (Å²) in [5.41, 5.74) is 2.12. The zero-order valence-corrected chi connectivity index (χ0v) is 18.9. The van der Waals surface area contributed by atoms with Gasteiger partial charge in [-0.3, -0.25) is 0 Å². The Kier molecular flexibility index (Phi) is 7.21. The van der Waals surface area contributed by atoms with Crippen molar-refractivity contribution < 1.29 is 13.9 Å². The lowest BCUT2D eigenvalue weighted by molar-refractivity contribution is 0.277. The first-order valence-electron chi connectivity index (χ1n) is 8.40. The molecule has 0 aromatic heterocycles. The predicted octanol–water partition coefficient (Wildman–Crippen LogP) is 7.20. The molecule has 0 fully saturated rings. The summed E-state index contributed by atoms with van der Waals surface area (Å²) in [6.45, 7) is 0.476. The molecule has 0 saturated carbocycles. The number of benzene rings is 3. The largest absolute Gasteiger partial charge is 0.493 e. The van der Waals surface area contributed by atoms with Crippen molar-refractivity contribution in [3.05, 3.63) is 85.5 Å². The number of ether oxygens (including phenoxy) is 2. The van der Waals surface area contributed by atoms with Crippen LogP contribution in [0.1, 0.15) is 11.1 Å². The maximum Gasteiger partial charge on any atom is 0.167 e. The number of rotatable bonds is 7. The van der Waals surface area contributed by atoms with Gasteiger partial charge in [-0.25, -0.2) is 4.39 Å². The van der Waals surface area contributed by atoms with Crippen LogP contribution in [0.3, 0.4) is 0 Å². The summed E-state index contributed by atoms with van der Waals surface area (Å²) >= 11 is 13.1. The van der Waals surface area contributed by atoms with E-state index < -0.39 is 5.82 Å². The van der Waals surface area contributed by atoms with Gasteiger partial charge in [0.15, 0.2) is 11.5 Å². The first-order chi connectivity index (χ1) is 13.5. The summed E-state index contributed by atoms with van der Waals surface area (Å²) in [6.07, 6.45) is 0. The predicted molar refractivity (Wildman–Crippen MR) is 118 cm³/mol. The minimum absolute atomic E-state index is 0.0103. The molecular formula is C21H17Br2ClFNO2. The fraction of sp³-hybridized carbons (Fsp3) is 0.143. The lowest BCUT2D eigenvalue weighted by Crippen LogP contribution is -2.07. The SMILES string of the molecule is COc1ccc(Br)c(CNc2ccc(Br)cc2)c1OCc1c(F)cccc1Cl. The Labute approximate surface area is 185 Å². The second kappa shape index (κ2) is 9.63. The van der Waals surface area contributed by atoms with Gasteiger partial charge in [0.1, 0.15) is 12.4 Å². The molecule has 0 amide bonds. The molecule has 3 rings (SSSR count). The molecule has 0 unspecified atom stereocenters. The molecule has 0 aliphatic heterocycles. The maximum absolute atomic E-state index is 14.1. The molecule has 0 saturated heterocycles.